The number of para-hydroxylation sites is 1. The Morgan fingerprint density at radius 3 is 2.31 bits per heavy atom. The molecule has 3 aromatic rings. The van der Waals surface area contributed by atoms with Gasteiger partial charge in [-0.2, -0.15) is 0 Å². The fraction of sp³-hybridized carbons (Fsp3) is 0.0952. The van der Waals surface area contributed by atoms with Crippen LogP contribution in [0.15, 0.2) is 77.7 Å². The van der Waals surface area contributed by atoms with Crippen LogP contribution in [0.3, 0.4) is 0 Å². The maximum atomic E-state index is 12.8. The highest BCUT2D eigenvalue weighted by atomic mass is 35.5. The largest absolute Gasteiger partial charge is 0.345 e. The maximum absolute atomic E-state index is 12.8. The van der Waals surface area contributed by atoms with Crippen LogP contribution in [0.1, 0.15) is 28.9 Å². The van der Waals surface area contributed by atoms with Crippen LogP contribution in [0.5, 0.6) is 0 Å². The molecule has 0 aliphatic heterocycles. The first-order valence-corrected chi connectivity index (χ1v) is 10.9. The third kappa shape index (κ3) is 5.09. The number of carbonyl (C=O) groups is 1. The smallest absolute Gasteiger partial charge is 0.263 e. The molecule has 1 amide bonds. The molecule has 0 bridgehead atoms. The van der Waals surface area contributed by atoms with Crippen LogP contribution < -0.4 is 10.0 Å². The van der Waals surface area contributed by atoms with E-state index in [0.717, 1.165) is 5.56 Å². The Labute approximate surface area is 179 Å². The predicted molar refractivity (Wildman–Crippen MR) is 116 cm³/mol. The summed E-state index contributed by atoms with van der Waals surface area (Å²) in [6.45, 7) is 1.85. The van der Waals surface area contributed by atoms with E-state index >= 15 is 0 Å². The van der Waals surface area contributed by atoms with Crippen molar-refractivity contribution in [3.05, 3.63) is 94.0 Å². The van der Waals surface area contributed by atoms with E-state index in [0.29, 0.717) is 0 Å². The van der Waals surface area contributed by atoms with Crippen LogP contribution >= 0.6 is 23.2 Å². The molecule has 0 aliphatic carbocycles. The van der Waals surface area contributed by atoms with Gasteiger partial charge in [0.25, 0.3) is 15.9 Å². The zero-order valence-corrected chi connectivity index (χ0v) is 17.7. The topological polar surface area (TPSA) is 75.3 Å². The quantitative estimate of drug-likeness (QED) is 0.537. The van der Waals surface area contributed by atoms with Gasteiger partial charge < -0.3 is 5.32 Å². The molecule has 2 N–H and O–H groups in total. The lowest BCUT2D eigenvalue weighted by Crippen LogP contribution is -2.28. The fourth-order valence-corrected chi connectivity index (χ4v) is 4.60. The van der Waals surface area contributed by atoms with Crippen molar-refractivity contribution in [1.82, 2.24) is 5.32 Å². The van der Waals surface area contributed by atoms with Crippen LogP contribution in [-0.4, -0.2) is 14.3 Å². The number of hydrogen-bond acceptors (Lipinski definition) is 3. The first-order valence-electron chi connectivity index (χ1n) is 8.70. The van der Waals surface area contributed by atoms with Crippen molar-refractivity contribution < 1.29 is 13.2 Å². The fourth-order valence-electron chi connectivity index (χ4n) is 2.75. The number of carbonyl (C=O) groups excluding carboxylic acids is 1. The standard InChI is InChI=1S/C21H18Cl2N2O3S/c1-14(15-7-3-2-4-8-15)24-21(26)17-9-5-6-10-19(17)25-29(27,28)20-13-16(22)11-12-18(20)23/h2-14,25H,1H3,(H,24,26)/t14-/m0/s1. The lowest BCUT2D eigenvalue weighted by Gasteiger charge is -2.17. The summed E-state index contributed by atoms with van der Waals surface area (Å²) in [5, 5.41) is 3.14. The molecular formula is C21H18Cl2N2O3S. The number of benzene rings is 3. The van der Waals surface area contributed by atoms with E-state index in [1.54, 1.807) is 18.2 Å². The molecule has 0 aromatic heterocycles. The second-order valence-electron chi connectivity index (χ2n) is 6.33. The Balaban J connectivity index is 1.87. The average Bonchev–Trinajstić information content (AvgIpc) is 2.70. The molecule has 8 heteroatoms. The highest BCUT2D eigenvalue weighted by Crippen LogP contribution is 2.28. The molecule has 1 atom stereocenters. The number of sulfonamides is 1. The molecule has 0 spiro atoms. The van der Waals surface area contributed by atoms with Gasteiger partial charge in [0.05, 0.1) is 22.3 Å². The predicted octanol–water partition coefficient (Wildman–Crippen LogP) is 5.29. The minimum Gasteiger partial charge on any atom is -0.345 e. The van der Waals surface area contributed by atoms with Gasteiger partial charge in [-0.3, -0.25) is 9.52 Å². The van der Waals surface area contributed by atoms with E-state index in [2.05, 4.69) is 10.0 Å². The van der Waals surface area contributed by atoms with Crippen LogP contribution in [0.2, 0.25) is 10.0 Å². The lowest BCUT2D eigenvalue weighted by molar-refractivity contribution is 0.0941. The van der Waals surface area contributed by atoms with Crippen molar-refractivity contribution in [2.45, 2.75) is 17.9 Å². The normalized spacial score (nSPS) is 12.2. The summed E-state index contributed by atoms with van der Waals surface area (Å²) < 4.78 is 28.0. The van der Waals surface area contributed by atoms with Gasteiger partial charge in [0.2, 0.25) is 0 Å². The molecule has 5 nitrogen and oxygen atoms in total. The highest BCUT2D eigenvalue weighted by Gasteiger charge is 2.22. The Bertz CT molecular complexity index is 1140. The lowest BCUT2D eigenvalue weighted by atomic mass is 10.1. The number of anilines is 1. The molecule has 3 rings (SSSR count). The Morgan fingerprint density at radius 1 is 0.931 bits per heavy atom. The summed E-state index contributed by atoms with van der Waals surface area (Å²) in [7, 11) is -4.05. The molecule has 3 aromatic carbocycles. The van der Waals surface area contributed by atoms with Crippen LogP contribution in [0, 0.1) is 0 Å². The Hall–Kier alpha value is -2.54. The molecule has 0 unspecified atom stereocenters. The van der Waals surface area contributed by atoms with Gasteiger partial charge in [-0.1, -0.05) is 65.7 Å². The monoisotopic (exact) mass is 448 g/mol. The van der Waals surface area contributed by atoms with Gasteiger partial charge in [-0.15, -0.1) is 0 Å². The zero-order valence-electron chi connectivity index (χ0n) is 15.4. The van der Waals surface area contributed by atoms with Gasteiger partial charge in [0.1, 0.15) is 4.90 Å². The van der Waals surface area contributed by atoms with Gasteiger partial charge in [-0.05, 0) is 42.8 Å². The van der Waals surface area contributed by atoms with Crippen molar-refractivity contribution >= 4 is 44.8 Å². The molecule has 0 fully saturated rings. The van der Waals surface area contributed by atoms with Crippen molar-refractivity contribution in [2.75, 3.05) is 4.72 Å². The van der Waals surface area contributed by atoms with E-state index < -0.39 is 15.9 Å². The van der Waals surface area contributed by atoms with Crippen LogP contribution in [0.25, 0.3) is 0 Å². The second kappa shape index (κ2) is 8.86. The molecule has 0 saturated carbocycles. The summed E-state index contributed by atoms with van der Waals surface area (Å²) in [6, 6.07) is 19.7. The highest BCUT2D eigenvalue weighted by molar-refractivity contribution is 7.92. The number of nitrogens with one attached hydrogen (secondary N) is 2. The summed E-state index contributed by atoms with van der Waals surface area (Å²) in [4.78, 5) is 12.6. The summed E-state index contributed by atoms with van der Waals surface area (Å²) in [5.41, 5.74) is 1.27. The van der Waals surface area contributed by atoms with E-state index in [4.69, 9.17) is 23.2 Å². The van der Waals surface area contributed by atoms with E-state index in [1.165, 1.54) is 24.3 Å². The van der Waals surface area contributed by atoms with E-state index in [1.807, 2.05) is 37.3 Å². The van der Waals surface area contributed by atoms with Crippen LogP contribution in [0.4, 0.5) is 5.69 Å². The minimum absolute atomic E-state index is 0.0292. The average molecular weight is 449 g/mol. The number of amides is 1. The van der Waals surface area contributed by atoms with Crippen molar-refractivity contribution in [2.24, 2.45) is 0 Å². The minimum atomic E-state index is -4.05. The second-order valence-corrected chi connectivity index (χ2v) is 8.83. The Kier molecular flexibility index (Phi) is 6.47. The zero-order chi connectivity index (χ0) is 21.0. The van der Waals surface area contributed by atoms with Gasteiger partial charge in [0, 0.05) is 5.02 Å². The van der Waals surface area contributed by atoms with Gasteiger partial charge >= 0.3 is 0 Å². The van der Waals surface area contributed by atoms with Crippen molar-refractivity contribution in [3.63, 3.8) is 0 Å². The van der Waals surface area contributed by atoms with Gasteiger partial charge in [-0.25, -0.2) is 8.42 Å². The molecule has 0 heterocycles. The first kappa shape index (κ1) is 21.2. The van der Waals surface area contributed by atoms with Crippen molar-refractivity contribution in [1.29, 1.82) is 0 Å². The Morgan fingerprint density at radius 2 is 1.59 bits per heavy atom. The van der Waals surface area contributed by atoms with Crippen LogP contribution in [-0.2, 0) is 10.0 Å². The maximum Gasteiger partial charge on any atom is 0.263 e. The molecule has 0 aliphatic rings. The molecule has 29 heavy (non-hydrogen) atoms. The summed E-state index contributed by atoms with van der Waals surface area (Å²) in [6.07, 6.45) is 0. The summed E-state index contributed by atoms with van der Waals surface area (Å²) in [5.74, 6) is -0.406. The van der Waals surface area contributed by atoms with Crippen molar-refractivity contribution in [3.8, 4) is 0 Å². The third-order valence-electron chi connectivity index (χ3n) is 4.25. The van der Waals surface area contributed by atoms with E-state index in [-0.39, 0.29) is 32.2 Å². The number of hydrogen-bond donors (Lipinski definition) is 2. The molecule has 150 valence electrons. The molecule has 0 saturated heterocycles. The molecular weight excluding hydrogens is 431 g/mol. The first-order chi connectivity index (χ1) is 13.8. The number of rotatable bonds is 6. The number of halogens is 2. The SMILES string of the molecule is C[C@H](NC(=O)c1ccccc1NS(=O)(=O)c1cc(Cl)ccc1Cl)c1ccccc1. The van der Waals surface area contributed by atoms with Gasteiger partial charge in [0.15, 0.2) is 0 Å². The third-order valence-corrected chi connectivity index (χ3v) is 6.33. The van der Waals surface area contributed by atoms with E-state index in [9.17, 15) is 13.2 Å². The molecule has 0 radical (unpaired) electrons. The summed E-state index contributed by atoms with van der Waals surface area (Å²) >= 11 is 11.9.